The predicted molar refractivity (Wildman–Crippen MR) is 279 cm³/mol. The average molecular weight is 1110 g/mol. The van der Waals surface area contributed by atoms with Gasteiger partial charge in [-0.3, -0.25) is 0 Å². The number of benzene rings is 8. The van der Waals surface area contributed by atoms with Crippen LogP contribution >= 0.6 is 0 Å². The largest absolute Gasteiger partial charge is 0.417 e. The van der Waals surface area contributed by atoms with Gasteiger partial charge in [0.15, 0.2) is 0 Å². The monoisotopic (exact) mass is 1110 g/mol. The molecule has 0 fully saturated rings. The summed E-state index contributed by atoms with van der Waals surface area (Å²) in [6.07, 6.45) is -9.25. The van der Waals surface area contributed by atoms with Gasteiger partial charge in [0.25, 0.3) is 0 Å². The number of esters is 8. The maximum Gasteiger partial charge on any atom is 0.417 e. The molecule has 8 aromatic carbocycles. The van der Waals surface area contributed by atoms with E-state index in [1.54, 1.807) is 43.3 Å². The molecule has 4 heterocycles. The molecule has 8 aromatic rings. The van der Waals surface area contributed by atoms with Crippen molar-refractivity contribution in [2.45, 2.75) is 44.0 Å². The van der Waals surface area contributed by atoms with Gasteiger partial charge in [0.2, 0.25) is 0 Å². The molecule has 0 amide bonds. The lowest BCUT2D eigenvalue weighted by Gasteiger charge is -2.34. The molecule has 4 aliphatic heterocycles. The van der Waals surface area contributed by atoms with Crippen LogP contribution in [-0.4, -0.2) is 53.9 Å². The first kappa shape index (κ1) is 53.7. The number of carbonyl (C=O) groups excluding carboxylic acids is 8. The van der Waals surface area contributed by atoms with E-state index in [-0.39, 0.29) is 66.9 Å². The molecule has 13 nitrogen and oxygen atoms in total. The zero-order valence-corrected chi connectivity index (χ0v) is 42.8. The van der Waals surface area contributed by atoms with E-state index in [0.29, 0.717) is 5.56 Å². The number of rotatable bonds is 5. The van der Waals surface area contributed by atoms with E-state index in [2.05, 4.69) is 9.47 Å². The quantitative estimate of drug-likeness (QED) is 0.0562. The molecule has 0 bridgehead atoms. The molecule has 0 atom stereocenters. The van der Waals surface area contributed by atoms with Crippen molar-refractivity contribution in [3.05, 3.63) is 252 Å². The Bertz CT molecular complexity index is 4010. The van der Waals surface area contributed by atoms with E-state index in [9.17, 15) is 64.7 Å². The standard InChI is InChI=1S/C29H14O6.C19H9F3O6.C15H14F3N/c30-25-19-11-9-15(13-21(19)27(32)34-25)29(16-10-12-20-22(14-16)28(33)35-26(20)31)23-7-3-1-5-17(23)18-6-2-4-8-24(18)29;1-18(19(20,21)22,8-2-4-10-12(6-8)16(25)27-14(10)23)9-3-5-11-13(7-9)17(26)28-15(11)24;1-9-3-5-12(10(2)7-9)13-6-4-11(19)8-14(13)15(16,17)18/h1-14H;2-7H,1H3;3-8H,19H2,1-2H3. The highest BCUT2D eigenvalue weighted by Gasteiger charge is 2.55. The minimum absolute atomic E-state index is 0.112. The van der Waals surface area contributed by atoms with Crippen molar-refractivity contribution in [3.8, 4) is 22.3 Å². The summed E-state index contributed by atoms with van der Waals surface area (Å²) in [5, 5.41) is 0. The van der Waals surface area contributed by atoms with Crippen molar-refractivity contribution < 1.29 is 83.6 Å². The number of carbonyl (C=O) groups is 8. The fourth-order valence-corrected chi connectivity index (χ4v) is 11.1. The second-order valence-electron chi connectivity index (χ2n) is 19.8. The molecule has 2 N–H and O–H groups in total. The van der Waals surface area contributed by atoms with E-state index in [1.807, 2.05) is 73.7 Å². The van der Waals surface area contributed by atoms with Gasteiger partial charge in [0.1, 0.15) is 5.41 Å². The average Bonchev–Trinajstić information content (AvgIpc) is 4.02. The molecule has 0 radical (unpaired) electrons. The van der Waals surface area contributed by atoms with Gasteiger partial charge in [0, 0.05) is 5.69 Å². The van der Waals surface area contributed by atoms with Crippen LogP contribution in [0.2, 0.25) is 0 Å². The highest BCUT2D eigenvalue weighted by atomic mass is 19.4. The molecule has 82 heavy (non-hydrogen) atoms. The van der Waals surface area contributed by atoms with Gasteiger partial charge in [0.05, 0.1) is 55.5 Å². The van der Waals surface area contributed by atoms with Crippen LogP contribution in [0.4, 0.5) is 32.0 Å². The van der Waals surface area contributed by atoms with Crippen LogP contribution in [0.1, 0.15) is 140 Å². The lowest BCUT2D eigenvalue weighted by atomic mass is 9.67. The molecule has 0 saturated heterocycles. The number of hydrogen-bond donors (Lipinski definition) is 1. The van der Waals surface area contributed by atoms with E-state index < -0.39 is 76.5 Å². The minimum Gasteiger partial charge on any atom is -0.399 e. The van der Waals surface area contributed by atoms with Gasteiger partial charge in [-0.1, -0.05) is 103 Å². The summed E-state index contributed by atoms with van der Waals surface area (Å²) in [5.74, 6) is -6.65. The van der Waals surface area contributed by atoms with Gasteiger partial charge in [-0.2, -0.15) is 26.3 Å². The van der Waals surface area contributed by atoms with Crippen molar-refractivity contribution in [2.75, 3.05) is 5.73 Å². The molecule has 0 spiro atoms. The first-order valence-corrected chi connectivity index (χ1v) is 24.8. The van der Waals surface area contributed by atoms with E-state index >= 15 is 0 Å². The molecular weight excluding hydrogens is 1080 g/mol. The Morgan fingerprint density at radius 3 is 1.15 bits per heavy atom. The Morgan fingerprint density at radius 2 is 0.744 bits per heavy atom. The highest BCUT2D eigenvalue weighted by Crippen LogP contribution is 2.57. The number of fused-ring (bicyclic) bond motifs is 7. The summed E-state index contributed by atoms with van der Waals surface area (Å²) in [7, 11) is 0. The zero-order valence-electron chi connectivity index (χ0n) is 42.8. The first-order valence-electron chi connectivity index (χ1n) is 24.8. The number of halogens is 6. The van der Waals surface area contributed by atoms with Crippen LogP contribution in [0, 0.1) is 13.8 Å². The number of hydrogen-bond acceptors (Lipinski definition) is 13. The lowest BCUT2D eigenvalue weighted by molar-refractivity contribution is -0.173. The molecule has 0 unspecified atom stereocenters. The van der Waals surface area contributed by atoms with Crippen LogP contribution in [0.15, 0.2) is 158 Å². The normalized spacial score (nSPS) is 15.1. The minimum atomic E-state index is -4.84. The van der Waals surface area contributed by atoms with Crippen molar-refractivity contribution in [2.24, 2.45) is 0 Å². The van der Waals surface area contributed by atoms with Gasteiger partial charge in [-0.15, -0.1) is 0 Å². The lowest BCUT2D eigenvalue weighted by Crippen LogP contribution is -2.41. The second-order valence-corrected chi connectivity index (χ2v) is 19.8. The Kier molecular flexibility index (Phi) is 12.6. The SMILES string of the molecule is CC(c1ccc2c(c1)C(=O)OC2=O)(c1ccc2c(c1)C(=O)OC2=O)C(F)(F)F.Cc1ccc(-c2ccc(N)cc2C(F)(F)F)c(C)c1.O=C1OC(=O)c2cc(C3(c4ccc5c(c4)C(=O)OC5=O)c4ccccc4-c4ccccc43)ccc21. The summed E-state index contributed by atoms with van der Waals surface area (Å²) >= 11 is 0. The summed E-state index contributed by atoms with van der Waals surface area (Å²) in [6, 6.07) is 41.6. The molecule has 19 heteroatoms. The number of ether oxygens (including phenoxy) is 4. The van der Waals surface area contributed by atoms with Crippen molar-refractivity contribution >= 4 is 53.4 Å². The number of anilines is 1. The number of nitrogen functional groups attached to an aromatic ring is 1. The van der Waals surface area contributed by atoms with Crippen molar-refractivity contribution in [1.82, 2.24) is 0 Å². The van der Waals surface area contributed by atoms with Crippen molar-refractivity contribution in [3.63, 3.8) is 0 Å². The van der Waals surface area contributed by atoms with E-state index in [1.165, 1.54) is 12.1 Å². The third-order valence-electron chi connectivity index (χ3n) is 15.1. The molecule has 0 aromatic heterocycles. The van der Waals surface area contributed by atoms with Gasteiger partial charge >= 0.3 is 60.1 Å². The number of nitrogens with two attached hydrogens (primary N) is 1. The Hall–Kier alpha value is -10.3. The van der Waals surface area contributed by atoms with E-state index in [0.717, 1.165) is 93.9 Å². The Balaban J connectivity index is 0.000000135. The van der Waals surface area contributed by atoms with Crippen LogP contribution < -0.4 is 5.73 Å². The van der Waals surface area contributed by atoms with E-state index in [4.69, 9.17) is 15.2 Å². The number of cyclic esters (lactones) is 8. The fraction of sp³-hybridized carbons (Fsp3) is 0.111. The summed E-state index contributed by atoms with van der Waals surface area (Å²) in [5.41, 5.74) is 8.69. The maximum absolute atomic E-state index is 14.2. The predicted octanol–water partition coefficient (Wildman–Crippen LogP) is 12.4. The number of aryl methyl sites for hydroxylation is 2. The highest BCUT2D eigenvalue weighted by molar-refractivity contribution is 6.17. The second kappa shape index (κ2) is 19.2. The van der Waals surface area contributed by atoms with Crippen LogP contribution in [-0.2, 0) is 36.0 Å². The Labute approximate surface area is 459 Å². The van der Waals surface area contributed by atoms with Gasteiger partial charge in [-0.25, -0.2) is 38.4 Å². The molecular formula is C63H37F6NO12. The first-order chi connectivity index (χ1) is 38.8. The van der Waals surface area contributed by atoms with Crippen LogP contribution in [0.25, 0.3) is 22.3 Å². The molecule has 1 aliphatic carbocycles. The Morgan fingerprint density at radius 1 is 0.378 bits per heavy atom. The zero-order chi connectivity index (χ0) is 58.5. The van der Waals surface area contributed by atoms with Crippen LogP contribution in [0.5, 0.6) is 0 Å². The maximum atomic E-state index is 14.2. The molecule has 0 saturated carbocycles. The fourth-order valence-electron chi connectivity index (χ4n) is 11.1. The molecule has 13 rings (SSSR count). The van der Waals surface area contributed by atoms with Crippen molar-refractivity contribution in [1.29, 1.82) is 0 Å². The topological polar surface area (TPSA) is 199 Å². The molecule has 5 aliphatic rings. The number of alkyl halides is 6. The summed E-state index contributed by atoms with van der Waals surface area (Å²) < 4.78 is 100. The third kappa shape index (κ3) is 8.50. The summed E-state index contributed by atoms with van der Waals surface area (Å²) in [6.45, 7) is 4.59. The smallest absolute Gasteiger partial charge is 0.399 e. The van der Waals surface area contributed by atoms with Crippen LogP contribution in [0.3, 0.4) is 0 Å². The van der Waals surface area contributed by atoms with Gasteiger partial charge < -0.3 is 24.7 Å². The third-order valence-corrected chi connectivity index (χ3v) is 15.1. The molecule has 408 valence electrons. The summed E-state index contributed by atoms with van der Waals surface area (Å²) in [4.78, 5) is 95.8. The van der Waals surface area contributed by atoms with Gasteiger partial charge in [-0.05, 0) is 143 Å².